The molecule has 1 aromatic carbocycles. The SMILES string of the molecule is N#CC1(Cc2ccc([N+](=O)[O-])cc2)CCCC1. The first kappa shape index (κ1) is 11.6. The summed E-state index contributed by atoms with van der Waals surface area (Å²) < 4.78 is 0. The molecule has 4 nitrogen and oxygen atoms in total. The smallest absolute Gasteiger partial charge is 0.258 e. The summed E-state index contributed by atoms with van der Waals surface area (Å²) in [6, 6.07) is 8.97. The molecule has 1 saturated carbocycles. The van der Waals surface area contributed by atoms with Crippen molar-refractivity contribution in [2.24, 2.45) is 5.41 Å². The zero-order valence-electron chi connectivity index (χ0n) is 9.56. The van der Waals surface area contributed by atoms with Gasteiger partial charge < -0.3 is 0 Å². The van der Waals surface area contributed by atoms with Gasteiger partial charge in [-0.2, -0.15) is 5.26 Å². The molecular formula is C13H14N2O2. The van der Waals surface area contributed by atoms with E-state index in [1.165, 1.54) is 12.1 Å². The maximum atomic E-state index is 10.5. The molecule has 0 aliphatic heterocycles. The molecule has 0 unspecified atom stereocenters. The van der Waals surface area contributed by atoms with Gasteiger partial charge in [-0.15, -0.1) is 0 Å². The molecule has 1 aromatic rings. The predicted molar refractivity (Wildman–Crippen MR) is 63.3 cm³/mol. The van der Waals surface area contributed by atoms with E-state index in [0.29, 0.717) is 6.42 Å². The monoisotopic (exact) mass is 230 g/mol. The highest BCUT2D eigenvalue weighted by Crippen LogP contribution is 2.40. The lowest BCUT2D eigenvalue weighted by molar-refractivity contribution is -0.384. The first-order valence-corrected chi connectivity index (χ1v) is 5.80. The van der Waals surface area contributed by atoms with Gasteiger partial charge in [-0.05, 0) is 24.8 Å². The van der Waals surface area contributed by atoms with Crippen LogP contribution in [0.15, 0.2) is 24.3 Å². The number of rotatable bonds is 3. The van der Waals surface area contributed by atoms with Crippen LogP contribution in [0, 0.1) is 26.9 Å². The molecule has 0 radical (unpaired) electrons. The fourth-order valence-electron chi connectivity index (χ4n) is 2.51. The Morgan fingerprint density at radius 1 is 1.29 bits per heavy atom. The summed E-state index contributed by atoms with van der Waals surface area (Å²) in [7, 11) is 0. The van der Waals surface area contributed by atoms with E-state index in [4.69, 9.17) is 0 Å². The van der Waals surface area contributed by atoms with Crippen LogP contribution in [-0.4, -0.2) is 4.92 Å². The lowest BCUT2D eigenvalue weighted by atomic mass is 9.81. The van der Waals surface area contributed by atoms with Crippen molar-refractivity contribution in [2.75, 3.05) is 0 Å². The van der Waals surface area contributed by atoms with Crippen LogP contribution < -0.4 is 0 Å². The molecule has 1 fully saturated rings. The van der Waals surface area contributed by atoms with Gasteiger partial charge >= 0.3 is 0 Å². The van der Waals surface area contributed by atoms with Crippen molar-refractivity contribution in [3.8, 4) is 6.07 Å². The summed E-state index contributed by atoms with van der Waals surface area (Å²) in [6.45, 7) is 0. The quantitative estimate of drug-likeness (QED) is 0.591. The highest BCUT2D eigenvalue weighted by atomic mass is 16.6. The normalized spacial score (nSPS) is 17.6. The standard InChI is InChI=1S/C13H14N2O2/c14-10-13(7-1-2-8-13)9-11-3-5-12(6-4-11)15(16)17/h3-6H,1-2,7-9H2. The van der Waals surface area contributed by atoms with Gasteiger partial charge in [-0.1, -0.05) is 25.0 Å². The highest BCUT2D eigenvalue weighted by Gasteiger charge is 2.33. The predicted octanol–water partition coefficient (Wildman–Crippen LogP) is 3.22. The van der Waals surface area contributed by atoms with E-state index in [2.05, 4.69) is 6.07 Å². The summed E-state index contributed by atoms with van der Waals surface area (Å²) in [4.78, 5) is 10.1. The van der Waals surface area contributed by atoms with Crippen molar-refractivity contribution in [3.63, 3.8) is 0 Å². The molecule has 0 heterocycles. The largest absolute Gasteiger partial charge is 0.269 e. The Hall–Kier alpha value is -1.89. The van der Waals surface area contributed by atoms with E-state index in [9.17, 15) is 15.4 Å². The maximum Gasteiger partial charge on any atom is 0.269 e. The molecule has 0 atom stereocenters. The van der Waals surface area contributed by atoms with E-state index in [-0.39, 0.29) is 11.1 Å². The van der Waals surface area contributed by atoms with E-state index < -0.39 is 4.92 Å². The number of nitrogens with zero attached hydrogens (tertiary/aromatic N) is 2. The molecule has 0 bridgehead atoms. The minimum Gasteiger partial charge on any atom is -0.258 e. The summed E-state index contributed by atoms with van der Waals surface area (Å²) >= 11 is 0. The first-order chi connectivity index (χ1) is 8.15. The fourth-order valence-corrected chi connectivity index (χ4v) is 2.51. The molecule has 1 aliphatic rings. The number of hydrogen-bond donors (Lipinski definition) is 0. The molecular weight excluding hydrogens is 216 g/mol. The fraction of sp³-hybridized carbons (Fsp3) is 0.462. The van der Waals surface area contributed by atoms with Crippen molar-refractivity contribution in [1.29, 1.82) is 5.26 Å². The van der Waals surface area contributed by atoms with E-state index in [0.717, 1.165) is 31.2 Å². The Labute approximate surface area is 100 Å². The summed E-state index contributed by atoms with van der Waals surface area (Å²) in [5, 5.41) is 19.8. The number of non-ortho nitro benzene ring substituents is 1. The topological polar surface area (TPSA) is 66.9 Å². The first-order valence-electron chi connectivity index (χ1n) is 5.80. The Balaban J connectivity index is 2.13. The molecule has 0 aromatic heterocycles. The van der Waals surface area contributed by atoms with Crippen molar-refractivity contribution < 1.29 is 4.92 Å². The van der Waals surface area contributed by atoms with Gasteiger partial charge in [0.1, 0.15) is 0 Å². The molecule has 1 aliphatic carbocycles. The van der Waals surface area contributed by atoms with Crippen LogP contribution in [0.5, 0.6) is 0 Å². The van der Waals surface area contributed by atoms with Crippen LogP contribution in [0.3, 0.4) is 0 Å². The molecule has 2 rings (SSSR count). The average Bonchev–Trinajstić information content (AvgIpc) is 2.79. The number of benzene rings is 1. The second-order valence-electron chi connectivity index (χ2n) is 4.70. The summed E-state index contributed by atoms with van der Waals surface area (Å²) in [6.07, 6.45) is 4.82. The number of nitro groups is 1. The van der Waals surface area contributed by atoms with Crippen LogP contribution in [0.4, 0.5) is 5.69 Å². The average molecular weight is 230 g/mol. The van der Waals surface area contributed by atoms with Crippen molar-refractivity contribution in [2.45, 2.75) is 32.1 Å². The van der Waals surface area contributed by atoms with E-state index >= 15 is 0 Å². The van der Waals surface area contributed by atoms with Gasteiger partial charge in [0.2, 0.25) is 0 Å². The minimum absolute atomic E-state index is 0.103. The van der Waals surface area contributed by atoms with Crippen LogP contribution >= 0.6 is 0 Å². The lowest BCUT2D eigenvalue weighted by Gasteiger charge is -2.19. The van der Waals surface area contributed by atoms with Crippen molar-refractivity contribution >= 4 is 5.69 Å². The van der Waals surface area contributed by atoms with Gasteiger partial charge in [-0.25, -0.2) is 0 Å². The van der Waals surface area contributed by atoms with Gasteiger partial charge in [0, 0.05) is 12.1 Å². The van der Waals surface area contributed by atoms with Crippen LogP contribution in [-0.2, 0) is 6.42 Å². The second-order valence-corrected chi connectivity index (χ2v) is 4.70. The minimum atomic E-state index is -0.403. The lowest BCUT2D eigenvalue weighted by Crippen LogP contribution is -2.16. The second kappa shape index (κ2) is 4.54. The molecule has 0 amide bonds. The zero-order valence-corrected chi connectivity index (χ0v) is 9.56. The third-order valence-electron chi connectivity index (χ3n) is 3.49. The highest BCUT2D eigenvalue weighted by molar-refractivity contribution is 5.33. The van der Waals surface area contributed by atoms with Crippen molar-refractivity contribution in [3.05, 3.63) is 39.9 Å². The summed E-state index contributed by atoms with van der Waals surface area (Å²) in [5.74, 6) is 0. The molecule has 0 spiro atoms. The van der Waals surface area contributed by atoms with Gasteiger partial charge in [0.25, 0.3) is 5.69 Å². The van der Waals surface area contributed by atoms with E-state index in [1.807, 2.05) is 0 Å². The number of nitriles is 1. The van der Waals surface area contributed by atoms with Crippen molar-refractivity contribution in [1.82, 2.24) is 0 Å². The summed E-state index contributed by atoms with van der Waals surface area (Å²) in [5.41, 5.74) is 0.876. The molecule has 0 N–H and O–H groups in total. The molecule has 4 heteroatoms. The van der Waals surface area contributed by atoms with Crippen LogP contribution in [0.2, 0.25) is 0 Å². The molecule has 17 heavy (non-hydrogen) atoms. The van der Waals surface area contributed by atoms with Gasteiger partial charge in [0.15, 0.2) is 0 Å². The van der Waals surface area contributed by atoms with E-state index in [1.54, 1.807) is 12.1 Å². The molecule has 0 saturated heterocycles. The number of hydrogen-bond acceptors (Lipinski definition) is 3. The maximum absolute atomic E-state index is 10.5. The zero-order chi connectivity index (χ0) is 12.3. The number of nitro benzene ring substituents is 1. The third kappa shape index (κ3) is 2.44. The Morgan fingerprint density at radius 2 is 1.88 bits per heavy atom. The Kier molecular flexibility index (Phi) is 3.10. The Bertz CT molecular complexity index is 453. The third-order valence-corrected chi connectivity index (χ3v) is 3.49. The molecule has 88 valence electrons. The van der Waals surface area contributed by atoms with Gasteiger partial charge in [-0.3, -0.25) is 10.1 Å². The van der Waals surface area contributed by atoms with Crippen LogP contribution in [0.1, 0.15) is 31.2 Å². The Morgan fingerprint density at radius 3 is 2.35 bits per heavy atom. The van der Waals surface area contributed by atoms with Crippen LogP contribution in [0.25, 0.3) is 0 Å². The van der Waals surface area contributed by atoms with Gasteiger partial charge in [0.05, 0.1) is 16.4 Å².